The van der Waals surface area contributed by atoms with Crippen LogP contribution in [0.4, 0.5) is 0 Å². The van der Waals surface area contributed by atoms with Gasteiger partial charge in [-0.3, -0.25) is 0 Å². The van der Waals surface area contributed by atoms with Crippen LogP contribution in [0.5, 0.6) is 0 Å². The van der Waals surface area contributed by atoms with Gasteiger partial charge >= 0.3 is 136 Å². The van der Waals surface area contributed by atoms with Crippen LogP contribution in [0, 0.1) is 10.7 Å². The van der Waals surface area contributed by atoms with Gasteiger partial charge in [0.15, 0.2) is 0 Å². The molecule has 1 aliphatic carbocycles. The summed E-state index contributed by atoms with van der Waals surface area (Å²) >= 11 is 0.297. The van der Waals surface area contributed by atoms with Crippen LogP contribution in [0.1, 0.15) is 64.2 Å². The summed E-state index contributed by atoms with van der Waals surface area (Å²) in [6.07, 6.45) is 16.0. The van der Waals surface area contributed by atoms with Crippen LogP contribution in [0.3, 0.4) is 0 Å². The summed E-state index contributed by atoms with van der Waals surface area (Å²) in [5.41, 5.74) is 1.40. The number of hydrogen-bond donors (Lipinski definition) is 0. The maximum absolute atomic E-state index is 3.46. The van der Waals surface area contributed by atoms with Crippen molar-refractivity contribution in [3.63, 3.8) is 0 Å². The molecule has 0 saturated heterocycles. The van der Waals surface area contributed by atoms with E-state index in [-0.39, 0.29) is 0 Å². The number of rotatable bonds is 1. The molecule has 0 N–H and O–H groups in total. The zero-order valence-electron chi connectivity index (χ0n) is 12.9. The van der Waals surface area contributed by atoms with Crippen molar-refractivity contribution in [1.82, 2.24) is 0 Å². The van der Waals surface area contributed by atoms with Crippen LogP contribution in [0.2, 0.25) is 0 Å². The maximum atomic E-state index is 3.46. The van der Waals surface area contributed by atoms with Crippen LogP contribution in [-0.4, -0.2) is 15.0 Å². The quantitative estimate of drug-likeness (QED) is 0.506. The second-order valence-corrected chi connectivity index (χ2v) is 7.58. The van der Waals surface area contributed by atoms with Crippen LogP contribution < -0.4 is 4.46 Å². The van der Waals surface area contributed by atoms with Crippen molar-refractivity contribution in [1.29, 1.82) is 0 Å². The molecule has 0 nitrogen and oxygen atoms in total. The minimum atomic E-state index is 0.297. The molecule has 112 valence electrons. The summed E-state index contributed by atoms with van der Waals surface area (Å²) in [6.45, 7) is 0. The summed E-state index contributed by atoms with van der Waals surface area (Å²) in [5.74, 6) is 3.46. The minimum absolute atomic E-state index is 0.297. The number of hydrogen-bond acceptors (Lipinski definition) is 0. The van der Waals surface area contributed by atoms with Crippen LogP contribution in [-0.2, 0) is 0 Å². The predicted octanol–water partition coefficient (Wildman–Crippen LogP) is 4.82. The first kappa shape index (κ1) is 16.4. The Morgan fingerprint density at radius 3 is 2.19 bits per heavy atom. The first-order chi connectivity index (χ1) is 10.4. The molecule has 0 aromatic heterocycles. The topological polar surface area (TPSA) is 0 Å². The fourth-order valence-corrected chi connectivity index (χ4v) is 3.90. The van der Waals surface area contributed by atoms with Gasteiger partial charge in [-0.1, -0.05) is 0 Å². The van der Waals surface area contributed by atoms with Crippen LogP contribution >= 0.6 is 0 Å². The summed E-state index contributed by atoms with van der Waals surface area (Å²) in [7, 11) is 0. The number of benzene rings is 1. The van der Waals surface area contributed by atoms with E-state index >= 15 is 0 Å². The third kappa shape index (κ3) is 7.56. The van der Waals surface area contributed by atoms with Gasteiger partial charge in [0.25, 0.3) is 0 Å². The molecule has 0 bridgehead atoms. The van der Waals surface area contributed by atoms with Crippen molar-refractivity contribution >= 4 is 19.4 Å². The second kappa shape index (κ2) is 10.7. The third-order valence-corrected chi connectivity index (χ3v) is 5.41. The standard InChI is InChI=1S/C20H26Se/c1-2-4-6-9-13-19(14-10-7-5-3-1)17-18-21-20-15-11-8-12-16-20/h8,11-13,15-16H,1-7,9-10,14H2/b19-13+. The molecule has 0 amide bonds. The molecule has 1 heteroatoms. The molecule has 1 aliphatic rings. The van der Waals surface area contributed by atoms with Crippen molar-refractivity contribution in [2.75, 3.05) is 0 Å². The third-order valence-electron chi connectivity index (χ3n) is 3.91. The van der Waals surface area contributed by atoms with Crippen LogP contribution in [0.15, 0.2) is 42.0 Å². The monoisotopic (exact) mass is 346 g/mol. The van der Waals surface area contributed by atoms with E-state index in [2.05, 4.69) is 47.1 Å². The molecule has 0 atom stereocenters. The molecule has 1 aromatic carbocycles. The van der Waals surface area contributed by atoms with Crippen molar-refractivity contribution in [2.45, 2.75) is 64.2 Å². The van der Waals surface area contributed by atoms with Gasteiger partial charge in [0.2, 0.25) is 0 Å². The van der Waals surface area contributed by atoms with Gasteiger partial charge in [-0.2, -0.15) is 0 Å². The van der Waals surface area contributed by atoms with E-state index in [0.717, 1.165) is 0 Å². The molecule has 0 aliphatic heterocycles. The van der Waals surface area contributed by atoms with Crippen molar-refractivity contribution in [3.8, 4) is 10.7 Å². The van der Waals surface area contributed by atoms with Gasteiger partial charge < -0.3 is 0 Å². The molecular formula is C20H26Se. The Kier molecular flexibility index (Phi) is 8.38. The Morgan fingerprint density at radius 1 is 0.762 bits per heavy atom. The van der Waals surface area contributed by atoms with Crippen molar-refractivity contribution in [3.05, 3.63) is 42.0 Å². The van der Waals surface area contributed by atoms with Gasteiger partial charge in [-0.25, -0.2) is 0 Å². The molecule has 0 saturated carbocycles. The Hall–Kier alpha value is -0.961. The van der Waals surface area contributed by atoms with Crippen LogP contribution in [0.25, 0.3) is 0 Å². The van der Waals surface area contributed by atoms with E-state index in [1.807, 2.05) is 0 Å². The van der Waals surface area contributed by atoms with Gasteiger partial charge in [0, 0.05) is 0 Å². The summed E-state index contributed by atoms with van der Waals surface area (Å²) < 4.78 is 1.38. The average molecular weight is 345 g/mol. The van der Waals surface area contributed by atoms with Gasteiger partial charge in [-0.15, -0.1) is 0 Å². The van der Waals surface area contributed by atoms with Crippen molar-refractivity contribution < 1.29 is 0 Å². The summed E-state index contributed by atoms with van der Waals surface area (Å²) in [4.78, 5) is 3.43. The molecule has 2 rings (SSSR count). The van der Waals surface area contributed by atoms with E-state index < -0.39 is 0 Å². The molecular weight excluding hydrogens is 319 g/mol. The van der Waals surface area contributed by atoms with Gasteiger partial charge in [-0.05, 0) is 0 Å². The Morgan fingerprint density at radius 2 is 1.43 bits per heavy atom. The van der Waals surface area contributed by atoms with Crippen molar-refractivity contribution in [2.24, 2.45) is 0 Å². The average Bonchev–Trinajstić information content (AvgIpc) is 2.51. The van der Waals surface area contributed by atoms with E-state index in [0.29, 0.717) is 15.0 Å². The summed E-state index contributed by atoms with van der Waals surface area (Å²) in [5, 5.41) is 0. The zero-order valence-corrected chi connectivity index (χ0v) is 14.7. The molecule has 0 fully saturated rings. The fraction of sp³-hybridized carbons (Fsp3) is 0.500. The molecule has 1 aromatic rings. The van der Waals surface area contributed by atoms with Gasteiger partial charge in [0.05, 0.1) is 0 Å². The van der Waals surface area contributed by atoms with E-state index in [1.165, 1.54) is 74.2 Å². The molecule has 0 heterocycles. The summed E-state index contributed by atoms with van der Waals surface area (Å²) in [6, 6.07) is 10.7. The van der Waals surface area contributed by atoms with Gasteiger partial charge in [0.1, 0.15) is 0 Å². The van der Waals surface area contributed by atoms with E-state index in [1.54, 1.807) is 0 Å². The van der Waals surface area contributed by atoms with E-state index in [9.17, 15) is 0 Å². The Labute approximate surface area is 136 Å². The first-order valence-electron chi connectivity index (χ1n) is 8.37. The predicted molar refractivity (Wildman–Crippen MR) is 93.9 cm³/mol. The second-order valence-electron chi connectivity index (χ2n) is 5.74. The number of allylic oxidation sites excluding steroid dienone is 2. The molecule has 0 spiro atoms. The molecule has 0 radical (unpaired) electrons. The molecule has 0 unspecified atom stereocenters. The van der Waals surface area contributed by atoms with E-state index in [4.69, 9.17) is 0 Å². The Bertz CT molecular complexity index is 476. The SMILES string of the molecule is C(#C/C1=C/CCCCCCCCCC1)[Se]c1ccccc1. The molecule has 21 heavy (non-hydrogen) atoms. The fourth-order valence-electron chi connectivity index (χ4n) is 2.65. The Balaban J connectivity index is 1.88. The first-order valence-corrected chi connectivity index (χ1v) is 10.1. The normalized spacial score (nSPS) is 20.1. The zero-order chi connectivity index (χ0) is 14.6.